The Kier molecular flexibility index (Phi) is 3.29. The summed E-state index contributed by atoms with van der Waals surface area (Å²) in [6.45, 7) is 1.03. The summed E-state index contributed by atoms with van der Waals surface area (Å²) in [6, 6.07) is 5.69. The molecule has 3 heterocycles. The van der Waals surface area contributed by atoms with E-state index in [1.165, 1.54) is 0 Å². The van der Waals surface area contributed by atoms with Gasteiger partial charge in [-0.1, -0.05) is 11.6 Å². The van der Waals surface area contributed by atoms with Crippen molar-refractivity contribution in [1.82, 2.24) is 9.88 Å². The third kappa shape index (κ3) is 2.35. The Morgan fingerprint density at radius 2 is 2.27 bits per heavy atom. The molecule has 1 aromatic carbocycles. The smallest absolute Gasteiger partial charge is 0.152 e. The molecule has 0 spiro atoms. The zero-order valence-corrected chi connectivity index (χ0v) is 13.4. The molecule has 116 valence electrons. The third-order valence-corrected chi connectivity index (χ3v) is 6.41. The molecule has 1 saturated heterocycles. The number of halogens is 1. The molecule has 1 atom stereocenters. The summed E-state index contributed by atoms with van der Waals surface area (Å²) < 4.78 is 29.2. The maximum atomic E-state index is 11.7. The number of rotatable bonds is 1. The number of hydrogen-bond donors (Lipinski definition) is 0. The lowest BCUT2D eigenvalue weighted by Gasteiger charge is -2.33. The first-order chi connectivity index (χ1) is 10.5. The summed E-state index contributed by atoms with van der Waals surface area (Å²) in [4.78, 5) is 6.44. The molecule has 2 aliphatic rings. The van der Waals surface area contributed by atoms with Crippen LogP contribution in [-0.4, -0.2) is 42.6 Å². The highest BCUT2D eigenvalue weighted by molar-refractivity contribution is 7.91. The van der Waals surface area contributed by atoms with E-state index in [2.05, 4.69) is 9.88 Å². The van der Waals surface area contributed by atoms with Crippen LogP contribution in [0.15, 0.2) is 24.4 Å². The van der Waals surface area contributed by atoms with Gasteiger partial charge in [0.1, 0.15) is 12.2 Å². The average Bonchev–Trinajstić information content (AvgIpc) is 2.87. The predicted molar refractivity (Wildman–Crippen MR) is 84.8 cm³/mol. The molecule has 0 N–H and O–H groups in total. The largest absolute Gasteiger partial charge is 0.475 e. The standard InChI is InChI=1S/C15H15ClN2O3S/c16-13-6-10-7-18(11-3-5-22(19,20)8-11)9-21-15(10)14-12(13)2-1-4-17-14/h1-2,4,6,11H,3,5,7-9H2/t11-/m1/s1. The van der Waals surface area contributed by atoms with E-state index in [-0.39, 0.29) is 17.5 Å². The Morgan fingerprint density at radius 1 is 1.41 bits per heavy atom. The number of hydrogen-bond acceptors (Lipinski definition) is 5. The molecule has 7 heteroatoms. The van der Waals surface area contributed by atoms with Crippen LogP contribution in [0.4, 0.5) is 0 Å². The second-order valence-corrected chi connectivity index (χ2v) is 8.46. The van der Waals surface area contributed by atoms with E-state index in [1.54, 1.807) is 6.20 Å². The fraction of sp³-hybridized carbons (Fsp3) is 0.400. The number of pyridine rings is 1. The molecule has 1 aromatic heterocycles. The maximum absolute atomic E-state index is 11.7. The molecule has 4 rings (SSSR count). The minimum absolute atomic E-state index is 0.0244. The van der Waals surface area contributed by atoms with Gasteiger partial charge in [-0.25, -0.2) is 8.42 Å². The van der Waals surface area contributed by atoms with E-state index in [0.29, 0.717) is 24.7 Å². The van der Waals surface area contributed by atoms with Crippen molar-refractivity contribution in [2.45, 2.75) is 19.0 Å². The SMILES string of the molecule is O=S1(=O)CC[C@@H](N2COc3c(cc(Cl)c4cccnc34)C2)C1. The maximum Gasteiger partial charge on any atom is 0.152 e. The lowest BCUT2D eigenvalue weighted by molar-refractivity contribution is 0.0658. The van der Waals surface area contributed by atoms with E-state index in [9.17, 15) is 8.42 Å². The Balaban J connectivity index is 1.70. The average molecular weight is 339 g/mol. The second kappa shape index (κ2) is 5.08. The van der Waals surface area contributed by atoms with Crippen molar-refractivity contribution in [3.05, 3.63) is 35.0 Å². The highest BCUT2D eigenvalue weighted by Crippen LogP contribution is 2.37. The number of aromatic nitrogens is 1. The van der Waals surface area contributed by atoms with Gasteiger partial charge >= 0.3 is 0 Å². The van der Waals surface area contributed by atoms with Crippen LogP contribution in [0.3, 0.4) is 0 Å². The van der Waals surface area contributed by atoms with E-state index in [1.807, 2.05) is 18.2 Å². The molecule has 0 bridgehead atoms. The number of sulfone groups is 1. The van der Waals surface area contributed by atoms with Crippen LogP contribution in [-0.2, 0) is 16.4 Å². The van der Waals surface area contributed by atoms with Gasteiger partial charge in [-0.05, 0) is 24.6 Å². The lowest BCUT2D eigenvalue weighted by Crippen LogP contribution is -2.41. The quantitative estimate of drug-likeness (QED) is 0.798. The molecule has 2 aliphatic heterocycles. The highest BCUT2D eigenvalue weighted by atomic mass is 35.5. The van der Waals surface area contributed by atoms with Crippen LogP contribution in [0.1, 0.15) is 12.0 Å². The van der Waals surface area contributed by atoms with E-state index in [4.69, 9.17) is 16.3 Å². The molecular formula is C15H15ClN2O3S. The second-order valence-electron chi connectivity index (χ2n) is 5.82. The van der Waals surface area contributed by atoms with Crippen molar-refractivity contribution in [2.75, 3.05) is 18.2 Å². The Bertz CT molecular complexity index is 853. The monoisotopic (exact) mass is 338 g/mol. The van der Waals surface area contributed by atoms with Crippen LogP contribution in [0, 0.1) is 0 Å². The molecule has 22 heavy (non-hydrogen) atoms. The molecular weight excluding hydrogens is 324 g/mol. The van der Waals surface area contributed by atoms with Gasteiger partial charge in [-0.3, -0.25) is 9.88 Å². The van der Waals surface area contributed by atoms with Gasteiger partial charge < -0.3 is 4.74 Å². The molecule has 2 aromatic rings. The summed E-state index contributed by atoms with van der Waals surface area (Å²) in [6.07, 6.45) is 2.39. The summed E-state index contributed by atoms with van der Waals surface area (Å²) >= 11 is 6.34. The van der Waals surface area contributed by atoms with Crippen molar-refractivity contribution in [3.63, 3.8) is 0 Å². The van der Waals surface area contributed by atoms with Gasteiger partial charge in [0, 0.05) is 29.7 Å². The Labute approximate surface area is 133 Å². The van der Waals surface area contributed by atoms with Crippen molar-refractivity contribution in [3.8, 4) is 5.75 Å². The zero-order chi connectivity index (χ0) is 15.3. The molecule has 0 aliphatic carbocycles. The van der Waals surface area contributed by atoms with E-state index < -0.39 is 9.84 Å². The van der Waals surface area contributed by atoms with Crippen molar-refractivity contribution in [2.24, 2.45) is 0 Å². The third-order valence-electron chi connectivity index (χ3n) is 4.35. The molecule has 0 saturated carbocycles. The number of fused-ring (bicyclic) bond motifs is 3. The van der Waals surface area contributed by atoms with Gasteiger partial charge in [0.2, 0.25) is 0 Å². The predicted octanol–water partition coefficient (Wildman–Crippen LogP) is 2.23. The van der Waals surface area contributed by atoms with Crippen LogP contribution >= 0.6 is 11.6 Å². The molecule has 1 fully saturated rings. The van der Waals surface area contributed by atoms with Crippen molar-refractivity contribution < 1.29 is 13.2 Å². The summed E-state index contributed by atoms with van der Waals surface area (Å²) in [5.41, 5.74) is 1.73. The fourth-order valence-electron chi connectivity index (χ4n) is 3.22. The van der Waals surface area contributed by atoms with E-state index >= 15 is 0 Å². The van der Waals surface area contributed by atoms with Crippen molar-refractivity contribution in [1.29, 1.82) is 0 Å². The van der Waals surface area contributed by atoms with Crippen LogP contribution < -0.4 is 4.74 Å². The van der Waals surface area contributed by atoms with Gasteiger partial charge in [0.15, 0.2) is 15.6 Å². The Morgan fingerprint density at radius 3 is 3.05 bits per heavy atom. The zero-order valence-electron chi connectivity index (χ0n) is 11.8. The number of ether oxygens (including phenoxy) is 1. The van der Waals surface area contributed by atoms with E-state index in [0.717, 1.165) is 22.2 Å². The summed E-state index contributed by atoms with van der Waals surface area (Å²) in [7, 11) is -2.90. The van der Waals surface area contributed by atoms with Crippen LogP contribution in [0.25, 0.3) is 10.9 Å². The first-order valence-electron chi connectivity index (χ1n) is 7.17. The first kappa shape index (κ1) is 14.2. The summed E-state index contributed by atoms with van der Waals surface area (Å²) in [5, 5.41) is 1.52. The van der Waals surface area contributed by atoms with Crippen LogP contribution in [0.5, 0.6) is 5.75 Å². The topological polar surface area (TPSA) is 59.5 Å². The van der Waals surface area contributed by atoms with Crippen molar-refractivity contribution >= 4 is 32.3 Å². The minimum atomic E-state index is -2.90. The lowest BCUT2D eigenvalue weighted by atomic mass is 10.1. The fourth-order valence-corrected chi connectivity index (χ4v) is 5.26. The summed E-state index contributed by atoms with van der Waals surface area (Å²) in [5.74, 6) is 1.24. The number of benzene rings is 1. The number of nitrogens with zero attached hydrogens (tertiary/aromatic N) is 2. The normalized spacial score (nSPS) is 24.1. The van der Waals surface area contributed by atoms with Gasteiger partial charge in [0.25, 0.3) is 0 Å². The van der Waals surface area contributed by atoms with Crippen LogP contribution in [0.2, 0.25) is 5.02 Å². The van der Waals surface area contributed by atoms with Gasteiger partial charge in [-0.2, -0.15) is 0 Å². The molecule has 5 nitrogen and oxygen atoms in total. The van der Waals surface area contributed by atoms with Gasteiger partial charge in [0.05, 0.1) is 16.5 Å². The first-order valence-corrected chi connectivity index (χ1v) is 9.37. The Hall–Kier alpha value is -1.37. The molecule has 0 amide bonds. The molecule has 0 unspecified atom stereocenters. The highest BCUT2D eigenvalue weighted by Gasteiger charge is 2.34. The van der Waals surface area contributed by atoms with Gasteiger partial charge in [-0.15, -0.1) is 0 Å². The molecule has 0 radical (unpaired) electrons. The minimum Gasteiger partial charge on any atom is -0.475 e.